The Morgan fingerprint density at radius 3 is 2.79 bits per heavy atom. The summed E-state index contributed by atoms with van der Waals surface area (Å²) >= 11 is 0. The molecule has 4 nitrogen and oxygen atoms in total. The van der Waals surface area contributed by atoms with E-state index in [-0.39, 0.29) is 6.73 Å². The number of rotatable bonds is 8. The van der Waals surface area contributed by atoms with Gasteiger partial charge in [0.25, 0.3) is 5.91 Å². The van der Waals surface area contributed by atoms with Crippen LogP contribution in [0.1, 0.15) is 32.6 Å². The van der Waals surface area contributed by atoms with Crippen LogP contribution < -0.4 is 0 Å². The summed E-state index contributed by atoms with van der Waals surface area (Å²) in [6.07, 6.45) is 5.50. The SMILES string of the molecule is C=CC(=O)N(O)COCCCCCC. The standard InChI is InChI=1S/C10H19NO3/c1-3-5-6-7-8-14-9-11(13)10(12)4-2/h4,13H,2-3,5-9H2,1H3. The Morgan fingerprint density at radius 2 is 2.21 bits per heavy atom. The van der Waals surface area contributed by atoms with Crippen LogP contribution in [0.3, 0.4) is 0 Å². The zero-order chi connectivity index (χ0) is 10.8. The van der Waals surface area contributed by atoms with Crippen molar-refractivity contribution >= 4 is 5.91 Å². The highest BCUT2D eigenvalue weighted by Gasteiger charge is 2.04. The second kappa shape index (κ2) is 8.72. The molecular formula is C10H19NO3. The van der Waals surface area contributed by atoms with Crippen LogP contribution in [0, 0.1) is 0 Å². The quantitative estimate of drug-likeness (QED) is 0.215. The summed E-state index contributed by atoms with van der Waals surface area (Å²) in [5.41, 5.74) is 0. The first-order valence-electron chi connectivity index (χ1n) is 4.93. The highest BCUT2D eigenvalue weighted by molar-refractivity contribution is 5.85. The van der Waals surface area contributed by atoms with Gasteiger partial charge in [0, 0.05) is 6.61 Å². The molecule has 14 heavy (non-hydrogen) atoms. The summed E-state index contributed by atoms with van der Waals surface area (Å²) in [4.78, 5) is 10.8. The van der Waals surface area contributed by atoms with E-state index in [9.17, 15) is 4.79 Å². The van der Waals surface area contributed by atoms with E-state index in [1.54, 1.807) is 0 Å². The van der Waals surface area contributed by atoms with Crippen molar-refractivity contribution in [3.63, 3.8) is 0 Å². The number of hydrogen-bond donors (Lipinski definition) is 1. The maximum Gasteiger partial charge on any atom is 0.271 e. The topological polar surface area (TPSA) is 49.8 Å². The molecule has 0 saturated heterocycles. The zero-order valence-corrected chi connectivity index (χ0v) is 8.74. The third kappa shape index (κ3) is 6.62. The summed E-state index contributed by atoms with van der Waals surface area (Å²) in [5, 5.41) is 9.51. The molecule has 1 amide bonds. The third-order valence-electron chi connectivity index (χ3n) is 1.78. The Balaban J connectivity index is 3.27. The van der Waals surface area contributed by atoms with Crippen LogP contribution in [0.15, 0.2) is 12.7 Å². The van der Waals surface area contributed by atoms with Crippen LogP contribution in [0.25, 0.3) is 0 Å². The molecule has 0 rings (SSSR count). The minimum Gasteiger partial charge on any atom is -0.359 e. The minimum atomic E-state index is -0.543. The molecule has 0 aliphatic carbocycles. The number of hydroxylamine groups is 2. The van der Waals surface area contributed by atoms with Crippen molar-refractivity contribution < 1.29 is 14.7 Å². The minimum absolute atomic E-state index is 0.0863. The van der Waals surface area contributed by atoms with Crippen molar-refractivity contribution in [1.29, 1.82) is 0 Å². The van der Waals surface area contributed by atoms with Crippen LogP contribution in [0.4, 0.5) is 0 Å². The lowest BCUT2D eigenvalue weighted by molar-refractivity contribution is -0.181. The van der Waals surface area contributed by atoms with E-state index in [1.807, 2.05) is 0 Å². The predicted molar refractivity (Wildman–Crippen MR) is 53.8 cm³/mol. The molecule has 0 unspecified atom stereocenters. The van der Waals surface area contributed by atoms with Crippen molar-refractivity contribution in [3.8, 4) is 0 Å². The summed E-state index contributed by atoms with van der Waals surface area (Å²) in [6, 6.07) is 0. The number of amides is 1. The fraction of sp³-hybridized carbons (Fsp3) is 0.700. The molecule has 0 bridgehead atoms. The normalized spacial score (nSPS) is 9.86. The first-order chi connectivity index (χ1) is 6.72. The van der Waals surface area contributed by atoms with Crippen molar-refractivity contribution in [2.75, 3.05) is 13.3 Å². The summed E-state index contributed by atoms with van der Waals surface area (Å²) < 4.78 is 5.07. The highest BCUT2D eigenvalue weighted by Crippen LogP contribution is 1.99. The van der Waals surface area contributed by atoms with Crippen molar-refractivity contribution in [2.24, 2.45) is 0 Å². The summed E-state index contributed by atoms with van der Waals surface area (Å²) in [7, 11) is 0. The molecule has 0 aromatic carbocycles. The number of carbonyl (C=O) groups is 1. The van der Waals surface area contributed by atoms with E-state index >= 15 is 0 Å². The Bertz CT molecular complexity index is 171. The first-order valence-corrected chi connectivity index (χ1v) is 4.93. The van der Waals surface area contributed by atoms with Crippen molar-refractivity contribution in [1.82, 2.24) is 5.06 Å². The van der Waals surface area contributed by atoms with Gasteiger partial charge in [0.2, 0.25) is 0 Å². The van der Waals surface area contributed by atoms with Crippen LogP contribution >= 0.6 is 0 Å². The maximum atomic E-state index is 10.8. The average Bonchev–Trinajstić information content (AvgIpc) is 2.21. The Morgan fingerprint density at radius 1 is 1.50 bits per heavy atom. The van der Waals surface area contributed by atoms with E-state index in [2.05, 4.69) is 13.5 Å². The van der Waals surface area contributed by atoms with Crippen molar-refractivity contribution in [3.05, 3.63) is 12.7 Å². The Kier molecular flexibility index (Phi) is 8.17. The molecule has 0 fully saturated rings. The molecule has 0 radical (unpaired) electrons. The van der Waals surface area contributed by atoms with Gasteiger partial charge in [-0.25, -0.2) is 0 Å². The van der Waals surface area contributed by atoms with E-state index in [1.165, 1.54) is 12.8 Å². The molecule has 0 heterocycles. The van der Waals surface area contributed by atoms with Crippen LogP contribution in [-0.2, 0) is 9.53 Å². The van der Waals surface area contributed by atoms with Gasteiger partial charge in [0.15, 0.2) is 0 Å². The molecule has 0 atom stereocenters. The molecule has 0 aromatic heterocycles. The molecule has 0 aliphatic rings. The predicted octanol–water partition coefficient (Wildman–Crippen LogP) is 1.94. The van der Waals surface area contributed by atoms with Gasteiger partial charge in [-0.05, 0) is 12.5 Å². The van der Waals surface area contributed by atoms with Crippen LogP contribution in [-0.4, -0.2) is 29.5 Å². The number of ether oxygens (including phenoxy) is 1. The number of hydrogen-bond acceptors (Lipinski definition) is 3. The zero-order valence-electron chi connectivity index (χ0n) is 8.74. The highest BCUT2D eigenvalue weighted by atomic mass is 16.6. The molecule has 0 aliphatic heterocycles. The third-order valence-corrected chi connectivity index (χ3v) is 1.78. The average molecular weight is 201 g/mol. The smallest absolute Gasteiger partial charge is 0.271 e. The van der Waals surface area contributed by atoms with Gasteiger partial charge < -0.3 is 4.74 Å². The second-order valence-electron chi connectivity index (χ2n) is 3.04. The van der Waals surface area contributed by atoms with Gasteiger partial charge >= 0.3 is 0 Å². The second-order valence-corrected chi connectivity index (χ2v) is 3.04. The van der Waals surface area contributed by atoms with E-state index in [4.69, 9.17) is 9.94 Å². The van der Waals surface area contributed by atoms with E-state index in [0.717, 1.165) is 18.9 Å². The van der Waals surface area contributed by atoms with Gasteiger partial charge in [0.05, 0.1) is 0 Å². The fourth-order valence-electron chi connectivity index (χ4n) is 0.951. The van der Waals surface area contributed by atoms with Gasteiger partial charge in [-0.3, -0.25) is 10.0 Å². The van der Waals surface area contributed by atoms with E-state index in [0.29, 0.717) is 11.7 Å². The monoisotopic (exact) mass is 201 g/mol. The van der Waals surface area contributed by atoms with Crippen molar-refractivity contribution in [2.45, 2.75) is 32.6 Å². The Hall–Kier alpha value is -0.870. The molecular weight excluding hydrogens is 182 g/mol. The van der Waals surface area contributed by atoms with Crippen LogP contribution in [0.2, 0.25) is 0 Å². The first kappa shape index (κ1) is 13.1. The summed E-state index contributed by atoms with van der Waals surface area (Å²) in [6.45, 7) is 5.87. The fourth-order valence-corrected chi connectivity index (χ4v) is 0.951. The number of nitrogens with zero attached hydrogens (tertiary/aromatic N) is 1. The lowest BCUT2D eigenvalue weighted by Gasteiger charge is -2.12. The molecule has 82 valence electrons. The molecule has 0 saturated carbocycles. The van der Waals surface area contributed by atoms with Crippen LogP contribution in [0.5, 0.6) is 0 Å². The van der Waals surface area contributed by atoms with Gasteiger partial charge in [-0.1, -0.05) is 32.8 Å². The molecule has 0 spiro atoms. The molecule has 0 aromatic rings. The lowest BCUT2D eigenvalue weighted by Crippen LogP contribution is -2.28. The number of carbonyl (C=O) groups excluding carboxylic acids is 1. The van der Waals surface area contributed by atoms with Gasteiger partial charge in [-0.2, -0.15) is 5.06 Å². The van der Waals surface area contributed by atoms with Gasteiger partial charge in [-0.15, -0.1) is 0 Å². The maximum absolute atomic E-state index is 10.8. The lowest BCUT2D eigenvalue weighted by atomic mass is 10.2. The molecule has 1 N–H and O–H groups in total. The Labute approximate surface area is 85.1 Å². The summed E-state index contributed by atoms with van der Waals surface area (Å²) in [5.74, 6) is -0.543. The number of unbranched alkanes of at least 4 members (excludes halogenated alkanes) is 3. The van der Waals surface area contributed by atoms with Gasteiger partial charge in [0.1, 0.15) is 6.73 Å². The van der Waals surface area contributed by atoms with E-state index < -0.39 is 5.91 Å². The largest absolute Gasteiger partial charge is 0.359 e. The molecule has 4 heteroatoms.